The van der Waals surface area contributed by atoms with Crippen LogP contribution in [-0.4, -0.2) is 5.11 Å². The molecule has 0 fully saturated rings. The Kier molecular flexibility index (Phi) is 4.62. The standard InChI is InChI=1S/C36H41O2/c1-33(2,3)21-14-18-23(35(7,8)9)16-20-28-26(18)25-17(21)13-22(34(4,5)6)19-15-24(36(10,11)12)29(30(28)27(19)25)32(38)31(20)37/h13-16,37H,1-12H3. The molecule has 0 spiro atoms. The molecule has 0 saturated carbocycles. The van der Waals surface area contributed by atoms with Gasteiger partial charge >= 0.3 is 0 Å². The second kappa shape index (κ2) is 6.95. The van der Waals surface area contributed by atoms with Crippen molar-refractivity contribution in [1.82, 2.24) is 0 Å². The minimum Gasteiger partial charge on any atom is -0.504 e. The Morgan fingerprint density at radius 1 is 0.421 bits per heavy atom. The highest BCUT2D eigenvalue weighted by Gasteiger charge is 2.35. The van der Waals surface area contributed by atoms with Crippen molar-refractivity contribution in [2.24, 2.45) is 0 Å². The smallest absolute Gasteiger partial charge is 0.228 e. The third-order valence-electron chi connectivity index (χ3n) is 8.80. The third kappa shape index (κ3) is 3.07. The van der Waals surface area contributed by atoms with Gasteiger partial charge in [-0.05, 0) is 100 Å². The van der Waals surface area contributed by atoms with Crippen LogP contribution in [0.15, 0.2) is 24.3 Å². The SMILES string of the molecule is CC(C)(C)c1cc2c(C(C)(C)C)cc3c(O)c([O])c4c(C(C)(C)C)cc5c(C(C)(C)C)cc1c1c2c3c4c51. The zero-order valence-corrected chi connectivity index (χ0v) is 25.2. The lowest BCUT2D eigenvalue weighted by molar-refractivity contribution is 0.331. The van der Waals surface area contributed by atoms with Gasteiger partial charge in [0.05, 0.1) is 0 Å². The summed E-state index contributed by atoms with van der Waals surface area (Å²) in [5.41, 5.74) is 4.29. The Balaban J connectivity index is 2.11. The fraction of sp³-hybridized carbons (Fsp3) is 0.444. The van der Waals surface area contributed by atoms with Gasteiger partial charge < -0.3 is 5.11 Å². The highest BCUT2D eigenvalue weighted by Crippen LogP contribution is 2.59. The molecule has 0 atom stereocenters. The van der Waals surface area contributed by atoms with Crippen LogP contribution in [0.5, 0.6) is 11.5 Å². The van der Waals surface area contributed by atoms with E-state index in [2.05, 4.69) is 107 Å². The van der Waals surface area contributed by atoms with Gasteiger partial charge in [-0.2, -0.15) is 0 Å². The number of hydrogen-bond donors (Lipinski definition) is 1. The van der Waals surface area contributed by atoms with Gasteiger partial charge in [0.1, 0.15) is 0 Å². The van der Waals surface area contributed by atoms with Crippen LogP contribution in [0.1, 0.15) is 105 Å². The van der Waals surface area contributed by atoms with E-state index in [1.165, 1.54) is 49.0 Å². The van der Waals surface area contributed by atoms with E-state index < -0.39 is 0 Å². The molecule has 6 rings (SSSR count). The van der Waals surface area contributed by atoms with E-state index in [4.69, 9.17) is 0 Å². The number of phenolic OH excluding ortho intramolecular Hbond substituents is 1. The Bertz CT molecular complexity index is 1890. The maximum absolute atomic E-state index is 14.1. The predicted molar refractivity (Wildman–Crippen MR) is 164 cm³/mol. The maximum atomic E-state index is 14.1. The van der Waals surface area contributed by atoms with Crippen LogP contribution in [0.3, 0.4) is 0 Å². The van der Waals surface area contributed by atoms with E-state index in [1.54, 1.807) is 0 Å². The molecule has 38 heavy (non-hydrogen) atoms. The summed E-state index contributed by atoms with van der Waals surface area (Å²) in [5, 5.41) is 36.5. The van der Waals surface area contributed by atoms with E-state index in [-0.39, 0.29) is 33.2 Å². The molecule has 0 saturated heterocycles. The van der Waals surface area contributed by atoms with Crippen LogP contribution in [-0.2, 0) is 26.8 Å². The van der Waals surface area contributed by atoms with E-state index in [0.717, 1.165) is 16.3 Å². The molecular weight excluding hydrogens is 464 g/mol. The molecule has 0 amide bonds. The molecule has 6 aromatic rings. The average Bonchev–Trinajstić information content (AvgIpc) is 3.11. The van der Waals surface area contributed by atoms with Crippen LogP contribution >= 0.6 is 0 Å². The van der Waals surface area contributed by atoms with Crippen molar-refractivity contribution in [3.63, 3.8) is 0 Å². The first-order valence-electron chi connectivity index (χ1n) is 14.0. The van der Waals surface area contributed by atoms with Crippen molar-refractivity contribution in [3.05, 3.63) is 46.5 Å². The van der Waals surface area contributed by atoms with Crippen molar-refractivity contribution in [1.29, 1.82) is 0 Å². The summed E-state index contributed by atoms with van der Waals surface area (Å²) in [6.07, 6.45) is 0. The summed E-state index contributed by atoms with van der Waals surface area (Å²) in [5.74, 6) is -0.349. The predicted octanol–water partition coefficient (Wildman–Crippen LogP) is 10.8. The summed E-state index contributed by atoms with van der Waals surface area (Å²) in [4.78, 5) is 0. The van der Waals surface area contributed by atoms with Crippen molar-refractivity contribution >= 4 is 53.9 Å². The minimum atomic E-state index is -0.257. The normalized spacial score (nSPS) is 14.5. The van der Waals surface area contributed by atoms with Crippen LogP contribution < -0.4 is 0 Å². The zero-order chi connectivity index (χ0) is 28.1. The second-order valence-electron chi connectivity index (χ2n) is 15.8. The summed E-state index contributed by atoms with van der Waals surface area (Å²) < 4.78 is 0. The zero-order valence-electron chi connectivity index (χ0n) is 25.2. The number of phenols is 1. The summed E-state index contributed by atoms with van der Waals surface area (Å²) >= 11 is 0. The molecule has 197 valence electrons. The fourth-order valence-corrected chi connectivity index (χ4v) is 7.01. The first-order chi connectivity index (χ1) is 17.2. The monoisotopic (exact) mass is 505 g/mol. The molecule has 2 heteroatoms. The van der Waals surface area contributed by atoms with Crippen LogP contribution in [0.2, 0.25) is 0 Å². The van der Waals surface area contributed by atoms with E-state index in [1.807, 2.05) is 0 Å². The lowest BCUT2D eigenvalue weighted by Gasteiger charge is -2.29. The van der Waals surface area contributed by atoms with Gasteiger partial charge in [0.25, 0.3) is 0 Å². The fourth-order valence-electron chi connectivity index (χ4n) is 7.01. The molecule has 0 bridgehead atoms. The first kappa shape index (κ1) is 25.3. The molecule has 0 aliphatic carbocycles. The molecular formula is C36H41O2. The van der Waals surface area contributed by atoms with Gasteiger partial charge in [-0.3, -0.25) is 5.11 Å². The number of rotatable bonds is 0. The van der Waals surface area contributed by atoms with Crippen LogP contribution in [0.4, 0.5) is 0 Å². The van der Waals surface area contributed by atoms with Gasteiger partial charge in [-0.15, -0.1) is 0 Å². The number of aromatic hydroxyl groups is 1. The summed E-state index contributed by atoms with van der Waals surface area (Å²) in [7, 11) is 0. The Morgan fingerprint density at radius 2 is 0.711 bits per heavy atom. The third-order valence-corrected chi connectivity index (χ3v) is 8.80. The van der Waals surface area contributed by atoms with Gasteiger partial charge in [0.15, 0.2) is 5.75 Å². The van der Waals surface area contributed by atoms with E-state index in [9.17, 15) is 10.2 Å². The molecule has 2 nitrogen and oxygen atoms in total. The summed E-state index contributed by atoms with van der Waals surface area (Å²) in [6.45, 7) is 27.0. The highest BCUT2D eigenvalue weighted by atomic mass is 16.3. The van der Waals surface area contributed by atoms with Crippen molar-refractivity contribution in [3.8, 4) is 11.5 Å². The Morgan fingerprint density at radius 3 is 1.08 bits per heavy atom. The van der Waals surface area contributed by atoms with Crippen molar-refractivity contribution in [2.75, 3.05) is 0 Å². The molecule has 0 aromatic heterocycles. The number of benzene rings is 5. The molecule has 0 unspecified atom stereocenters. The largest absolute Gasteiger partial charge is 0.504 e. The molecule has 0 aliphatic heterocycles. The second-order valence-corrected chi connectivity index (χ2v) is 15.8. The summed E-state index contributed by atoms with van der Waals surface area (Å²) in [6, 6.07) is 9.24. The van der Waals surface area contributed by atoms with Crippen molar-refractivity contribution in [2.45, 2.75) is 105 Å². The van der Waals surface area contributed by atoms with Gasteiger partial charge in [-0.25, -0.2) is 0 Å². The van der Waals surface area contributed by atoms with Crippen molar-refractivity contribution < 1.29 is 10.2 Å². The molecule has 0 aliphatic rings. The number of hydrogen-bond acceptors (Lipinski definition) is 1. The molecule has 0 heterocycles. The molecule has 1 N–H and O–H groups in total. The van der Waals surface area contributed by atoms with Gasteiger partial charge in [-0.1, -0.05) is 83.1 Å². The Hall–Kier alpha value is -3.00. The minimum absolute atomic E-state index is 0.0633. The Labute approximate surface area is 226 Å². The van der Waals surface area contributed by atoms with E-state index in [0.29, 0.717) is 10.8 Å². The van der Waals surface area contributed by atoms with E-state index >= 15 is 0 Å². The molecule has 6 aromatic carbocycles. The van der Waals surface area contributed by atoms with Crippen LogP contribution in [0.25, 0.3) is 53.9 Å². The first-order valence-corrected chi connectivity index (χ1v) is 14.0. The van der Waals surface area contributed by atoms with Gasteiger partial charge in [0.2, 0.25) is 5.75 Å². The quantitative estimate of drug-likeness (QED) is 0.205. The lowest BCUT2D eigenvalue weighted by Crippen LogP contribution is -2.16. The van der Waals surface area contributed by atoms with Gasteiger partial charge in [0, 0.05) is 21.5 Å². The topological polar surface area (TPSA) is 40.1 Å². The highest BCUT2D eigenvalue weighted by molar-refractivity contribution is 6.46. The lowest BCUT2D eigenvalue weighted by atomic mass is 9.75. The average molecular weight is 506 g/mol. The van der Waals surface area contributed by atoms with Crippen LogP contribution in [0, 0.1) is 0 Å². The maximum Gasteiger partial charge on any atom is 0.228 e. The molecule has 1 radical (unpaired) electrons.